The lowest BCUT2D eigenvalue weighted by molar-refractivity contribution is 0.123. The highest BCUT2D eigenvalue weighted by atomic mass is 28.4. The molecule has 3 rings (SSSR count). The van der Waals surface area contributed by atoms with Crippen LogP contribution in [0.1, 0.15) is 23.1 Å². The van der Waals surface area contributed by atoms with Gasteiger partial charge in [-0.15, -0.1) is 0 Å². The minimum absolute atomic E-state index is 0.503. The van der Waals surface area contributed by atoms with E-state index in [4.69, 9.17) is 22.8 Å². The number of hydrogen-bond donors (Lipinski definition) is 0. The van der Waals surface area contributed by atoms with Crippen molar-refractivity contribution in [3.05, 3.63) is 95.6 Å². The van der Waals surface area contributed by atoms with E-state index in [0.717, 1.165) is 41.0 Å². The smallest absolute Gasteiger partial charge is 0.488 e. The lowest BCUT2D eigenvalue weighted by Gasteiger charge is -2.24. The second-order valence-corrected chi connectivity index (χ2v) is 10.5. The van der Waals surface area contributed by atoms with Gasteiger partial charge in [-0.2, -0.15) is 0 Å². The molecule has 0 saturated carbocycles. The van der Waals surface area contributed by atoms with Crippen LogP contribution in [0.25, 0.3) is 0 Å². The Bertz CT molecular complexity index is 859. The maximum absolute atomic E-state index is 6.22. The summed E-state index contributed by atoms with van der Waals surface area (Å²) in [4.78, 5) is 0. The largest absolute Gasteiger partial charge is 0.500 e. The lowest BCUT2D eigenvalue weighted by Crippen LogP contribution is -2.42. The highest BCUT2D eigenvalue weighted by Crippen LogP contribution is 2.32. The maximum atomic E-state index is 6.22. The predicted molar refractivity (Wildman–Crippen MR) is 128 cm³/mol. The second-order valence-electron chi connectivity index (χ2n) is 7.43. The minimum atomic E-state index is -2.63. The van der Waals surface area contributed by atoms with Crippen molar-refractivity contribution in [1.82, 2.24) is 0 Å². The third kappa shape index (κ3) is 6.68. The lowest BCUT2D eigenvalue weighted by atomic mass is 10.1. The van der Waals surface area contributed by atoms with Crippen molar-refractivity contribution in [2.45, 2.75) is 32.1 Å². The van der Waals surface area contributed by atoms with Crippen molar-refractivity contribution in [2.75, 3.05) is 21.3 Å². The van der Waals surface area contributed by atoms with Gasteiger partial charge in [-0.05, 0) is 36.1 Å². The van der Waals surface area contributed by atoms with Crippen LogP contribution >= 0.6 is 0 Å². The standard InChI is InChI=1S/C26H32O5Si/c1-27-32(28-2,29-3)19-11-16-24-25(30-20-22-12-6-4-7-13-22)17-10-18-26(24)31-21-23-14-8-5-9-15-23/h4-10,12-15,17-18H,11,16,19-21H2,1-3H3. The zero-order valence-electron chi connectivity index (χ0n) is 19.1. The van der Waals surface area contributed by atoms with Gasteiger partial charge in [0.25, 0.3) is 0 Å². The Morgan fingerprint density at radius 3 is 1.50 bits per heavy atom. The fourth-order valence-electron chi connectivity index (χ4n) is 3.57. The Labute approximate surface area is 192 Å². The van der Waals surface area contributed by atoms with E-state index in [0.29, 0.717) is 19.3 Å². The molecular weight excluding hydrogens is 420 g/mol. The van der Waals surface area contributed by atoms with E-state index in [2.05, 4.69) is 24.3 Å². The molecular formula is C26H32O5Si. The molecule has 6 heteroatoms. The normalized spacial score (nSPS) is 11.3. The SMILES string of the molecule is CO[Si](CCCc1c(OCc2ccccc2)cccc1OCc1ccccc1)(OC)OC. The van der Waals surface area contributed by atoms with Crippen LogP contribution in [0.4, 0.5) is 0 Å². The zero-order chi connectivity index (χ0) is 22.7. The summed E-state index contributed by atoms with van der Waals surface area (Å²) in [5, 5.41) is 0. The quantitative estimate of drug-likeness (QED) is 0.313. The van der Waals surface area contributed by atoms with Gasteiger partial charge in [0.1, 0.15) is 24.7 Å². The Hall–Kier alpha value is -2.64. The van der Waals surface area contributed by atoms with E-state index in [1.807, 2.05) is 54.6 Å². The van der Waals surface area contributed by atoms with Crippen LogP contribution in [0.2, 0.25) is 6.04 Å². The molecule has 3 aromatic carbocycles. The molecule has 0 fully saturated rings. The molecule has 0 aromatic heterocycles. The topological polar surface area (TPSA) is 46.2 Å². The third-order valence-corrected chi connectivity index (χ3v) is 8.24. The van der Waals surface area contributed by atoms with Gasteiger partial charge in [-0.1, -0.05) is 66.7 Å². The van der Waals surface area contributed by atoms with Gasteiger partial charge < -0.3 is 22.8 Å². The third-order valence-electron chi connectivity index (χ3n) is 5.41. The number of rotatable bonds is 13. The van der Waals surface area contributed by atoms with Gasteiger partial charge >= 0.3 is 8.80 Å². The highest BCUT2D eigenvalue weighted by molar-refractivity contribution is 6.60. The van der Waals surface area contributed by atoms with E-state index in [1.165, 1.54) is 0 Å². The van der Waals surface area contributed by atoms with Crippen LogP contribution < -0.4 is 9.47 Å². The van der Waals surface area contributed by atoms with E-state index in [9.17, 15) is 0 Å². The Balaban J connectivity index is 1.76. The summed E-state index contributed by atoms with van der Waals surface area (Å²) >= 11 is 0. The Morgan fingerprint density at radius 1 is 0.594 bits per heavy atom. The van der Waals surface area contributed by atoms with Gasteiger partial charge in [0.15, 0.2) is 0 Å². The number of hydrogen-bond acceptors (Lipinski definition) is 5. The molecule has 0 atom stereocenters. The predicted octanol–water partition coefficient (Wildman–Crippen LogP) is 5.66. The molecule has 0 unspecified atom stereocenters. The first-order chi connectivity index (χ1) is 15.7. The van der Waals surface area contributed by atoms with Crippen LogP contribution in [0.5, 0.6) is 11.5 Å². The van der Waals surface area contributed by atoms with Crippen LogP contribution in [-0.2, 0) is 32.9 Å². The van der Waals surface area contributed by atoms with E-state index < -0.39 is 8.80 Å². The van der Waals surface area contributed by atoms with Gasteiger partial charge in [0, 0.05) is 32.9 Å². The summed E-state index contributed by atoms with van der Waals surface area (Å²) < 4.78 is 29.2. The monoisotopic (exact) mass is 452 g/mol. The summed E-state index contributed by atoms with van der Waals surface area (Å²) in [5.41, 5.74) is 3.29. The maximum Gasteiger partial charge on any atom is 0.500 e. The van der Waals surface area contributed by atoms with Crippen LogP contribution in [0, 0.1) is 0 Å². The Morgan fingerprint density at radius 2 is 1.06 bits per heavy atom. The molecule has 0 saturated heterocycles. The van der Waals surface area contributed by atoms with Crippen molar-refractivity contribution in [1.29, 1.82) is 0 Å². The first-order valence-electron chi connectivity index (χ1n) is 10.8. The molecule has 3 aromatic rings. The first kappa shape index (κ1) is 24.0. The van der Waals surface area contributed by atoms with Crippen molar-refractivity contribution >= 4 is 8.80 Å². The average Bonchev–Trinajstić information content (AvgIpc) is 2.86. The Kier molecular flexibility index (Phi) is 9.31. The molecule has 0 heterocycles. The van der Waals surface area contributed by atoms with E-state index in [-0.39, 0.29) is 0 Å². The minimum Gasteiger partial charge on any atom is -0.488 e. The molecule has 0 aliphatic rings. The van der Waals surface area contributed by atoms with E-state index >= 15 is 0 Å². The summed E-state index contributed by atoms with van der Waals surface area (Å²) in [6, 6.07) is 27.0. The highest BCUT2D eigenvalue weighted by Gasteiger charge is 2.37. The van der Waals surface area contributed by atoms with Crippen LogP contribution in [-0.4, -0.2) is 30.1 Å². The fraction of sp³-hybridized carbons (Fsp3) is 0.308. The molecule has 0 aliphatic carbocycles. The average molecular weight is 453 g/mol. The molecule has 0 amide bonds. The molecule has 32 heavy (non-hydrogen) atoms. The van der Waals surface area contributed by atoms with Gasteiger partial charge in [-0.3, -0.25) is 0 Å². The van der Waals surface area contributed by atoms with Crippen molar-refractivity contribution in [2.24, 2.45) is 0 Å². The summed E-state index contributed by atoms with van der Waals surface area (Å²) in [6.07, 6.45) is 1.59. The van der Waals surface area contributed by atoms with Crippen molar-refractivity contribution < 1.29 is 22.8 Å². The summed E-state index contributed by atoms with van der Waals surface area (Å²) in [6.45, 7) is 1.01. The summed E-state index contributed by atoms with van der Waals surface area (Å²) in [7, 11) is 2.30. The van der Waals surface area contributed by atoms with Crippen molar-refractivity contribution in [3.63, 3.8) is 0 Å². The van der Waals surface area contributed by atoms with Gasteiger partial charge in [-0.25, -0.2) is 0 Å². The van der Waals surface area contributed by atoms with E-state index in [1.54, 1.807) is 21.3 Å². The summed E-state index contributed by atoms with van der Waals surface area (Å²) in [5.74, 6) is 1.66. The molecule has 0 aliphatic heterocycles. The van der Waals surface area contributed by atoms with Crippen molar-refractivity contribution in [3.8, 4) is 11.5 Å². The van der Waals surface area contributed by atoms with Crippen LogP contribution in [0.15, 0.2) is 78.9 Å². The molecule has 0 radical (unpaired) electrons. The molecule has 170 valence electrons. The van der Waals surface area contributed by atoms with Gasteiger partial charge in [0.05, 0.1) is 0 Å². The zero-order valence-corrected chi connectivity index (χ0v) is 20.1. The molecule has 0 bridgehead atoms. The van der Waals surface area contributed by atoms with Crippen LogP contribution in [0.3, 0.4) is 0 Å². The molecule has 0 N–H and O–H groups in total. The van der Waals surface area contributed by atoms with Gasteiger partial charge in [0.2, 0.25) is 0 Å². The molecule has 0 spiro atoms. The fourth-order valence-corrected chi connectivity index (χ4v) is 5.29. The number of ether oxygens (including phenoxy) is 2. The second kappa shape index (κ2) is 12.4. The number of benzene rings is 3. The molecule has 5 nitrogen and oxygen atoms in total. The first-order valence-corrected chi connectivity index (χ1v) is 12.7.